The summed E-state index contributed by atoms with van der Waals surface area (Å²) in [5.74, 6) is 0. The standard InChI is InChI=1S/C7H16N2O.C7H15NO.C6H14N2O.C6H13NO2.2C6H13NO.C5H12N2.C5H11NO.C5H11N.C4H10N2.C4H9NO.C4H9N/c1-8-2-4-9(5-3-8)6-7-10;9-7-6-8-4-2-1-3-5-8;9-6-5-8-3-1-7-2-4-8;8-4-1-7-2-5-9-6-3-7;1-7-4-2-6(8)3-5-7;8-6-5-7-3-1-2-4-7;1-7-4-2-6-3-5-7;7-5-1-3-6-4-2-5;1-2-4-6-5-3-1;1-2-6-4-3-5-1;1-3-6-4-2-5-1;1-2-4-5-3-1/h10H,2-7H2,1H3;9H,1-7H2;7,9H,1-6H2;8H,1-6H2;6,8H,2-5H2,1H3;8H,1-6H2;6H,2-5H2,1H3;5-7H,1-4H2;6H,1-5H2;5-6H,1-4H2;5H,1-4H2;5H,1-4H2. The van der Waals surface area contributed by atoms with E-state index in [1.54, 1.807) is 0 Å². The first-order valence-corrected chi connectivity index (χ1v) is 36.0. The Bertz CT molecular complexity index is 1210. The molecule has 25 nitrogen and oxygen atoms in total. The van der Waals surface area contributed by atoms with Gasteiger partial charge in [0.25, 0.3) is 0 Å². The van der Waals surface area contributed by atoms with E-state index in [0.29, 0.717) is 26.4 Å². The van der Waals surface area contributed by atoms with Crippen molar-refractivity contribution in [3.8, 4) is 0 Å². The van der Waals surface area contributed by atoms with Gasteiger partial charge in [-0.25, -0.2) is 0 Å². The molecule has 12 aliphatic rings. The van der Waals surface area contributed by atoms with Crippen molar-refractivity contribution in [3.63, 3.8) is 0 Å². The molecular weight excluding hydrogens is 1150 g/mol. The van der Waals surface area contributed by atoms with E-state index in [0.717, 1.165) is 229 Å². The van der Waals surface area contributed by atoms with Gasteiger partial charge in [0.2, 0.25) is 0 Å². The van der Waals surface area contributed by atoms with E-state index in [-0.39, 0.29) is 18.8 Å². The van der Waals surface area contributed by atoms with Gasteiger partial charge in [-0.1, -0.05) is 12.8 Å². The van der Waals surface area contributed by atoms with Gasteiger partial charge < -0.3 is 112 Å². The largest absolute Gasteiger partial charge is 0.395 e. The number of hydrogen-bond acceptors (Lipinski definition) is 25. The maximum Gasteiger partial charge on any atom is 0.0594 e. The molecule has 12 heterocycles. The van der Waals surface area contributed by atoms with Gasteiger partial charge in [-0.2, -0.15) is 0 Å². The lowest BCUT2D eigenvalue weighted by atomic mass is 10.1. The first-order valence-electron chi connectivity index (χ1n) is 36.0. The minimum Gasteiger partial charge on any atom is -0.395 e. The SMILES string of the molecule is C1CCNC1.C1CCNCC1.C1CNCCN1.C1COCCN1.CN1CCC(O)CC1.CN1CCN(CCO)CC1.CN1CCNCC1.OC1CCNCC1.OCCN1CCCC1.OCCN1CCCCC1.OCCN1CCNCC1.OCCN1CCOCC1. The number of β-amino-alcohol motifs (C(OH)–C–C–N with tert-alkyl or cyclic N) is 5. The average molecular weight is 1300 g/mol. The summed E-state index contributed by atoms with van der Waals surface area (Å²) in [6.07, 6.45) is 17.4. The van der Waals surface area contributed by atoms with Crippen molar-refractivity contribution in [1.29, 1.82) is 0 Å². The molecule has 0 bridgehead atoms. The normalized spacial score (nSPS) is 23.7. The molecule has 12 rings (SSSR count). The lowest BCUT2D eigenvalue weighted by Gasteiger charge is -2.31. The number of morpholine rings is 2. The van der Waals surface area contributed by atoms with E-state index in [1.807, 2.05) is 0 Å². The van der Waals surface area contributed by atoms with Crippen molar-refractivity contribution >= 4 is 0 Å². The Hall–Kier alpha value is -1.00. The fraction of sp³-hybridized carbons (Fsp3) is 1.00. The summed E-state index contributed by atoms with van der Waals surface area (Å²) in [7, 11) is 6.38. The molecule has 0 radical (unpaired) electrons. The third-order valence-corrected chi connectivity index (χ3v) is 16.9. The quantitative estimate of drug-likeness (QED) is 0.105. The summed E-state index contributed by atoms with van der Waals surface area (Å²) >= 11 is 0. The molecule has 0 aliphatic carbocycles. The van der Waals surface area contributed by atoms with Crippen LogP contribution >= 0.6 is 0 Å². The highest BCUT2D eigenvalue weighted by Gasteiger charge is 2.15. The zero-order chi connectivity index (χ0) is 65.3. The van der Waals surface area contributed by atoms with Crippen LogP contribution in [0.4, 0.5) is 0 Å². The van der Waals surface area contributed by atoms with E-state index < -0.39 is 0 Å². The van der Waals surface area contributed by atoms with Crippen LogP contribution in [-0.2, 0) is 9.47 Å². The summed E-state index contributed by atoms with van der Waals surface area (Å²) in [6, 6.07) is 0. The van der Waals surface area contributed by atoms with E-state index in [9.17, 15) is 0 Å². The molecule has 0 amide bonds. The predicted octanol–water partition coefficient (Wildman–Crippen LogP) is -2.80. The highest BCUT2D eigenvalue weighted by atomic mass is 16.5. The Labute approximate surface area is 549 Å². The molecule has 0 unspecified atom stereocenters. The number of piperidine rings is 4. The van der Waals surface area contributed by atoms with Crippen molar-refractivity contribution in [3.05, 3.63) is 0 Å². The van der Waals surface area contributed by atoms with Crippen LogP contribution in [-0.4, -0.2) is 410 Å². The lowest BCUT2D eigenvalue weighted by Crippen LogP contribution is -2.45. The second-order valence-electron chi connectivity index (χ2n) is 25.0. The van der Waals surface area contributed by atoms with Gasteiger partial charge in [0.15, 0.2) is 0 Å². The molecule has 0 atom stereocenters. The van der Waals surface area contributed by atoms with E-state index in [4.69, 9.17) is 45.2 Å². The van der Waals surface area contributed by atoms with Gasteiger partial charge in [-0.15, -0.1) is 0 Å². The molecule has 0 aromatic rings. The molecular formula is C65H146N16O9. The van der Waals surface area contributed by atoms with Crippen LogP contribution < -0.4 is 42.5 Å². The second-order valence-corrected chi connectivity index (χ2v) is 25.0. The van der Waals surface area contributed by atoms with Crippen LogP contribution in [0.1, 0.15) is 89.9 Å². The number of likely N-dealkylation sites (N-methyl/N-ethyl adjacent to an activating group) is 2. The molecule has 0 spiro atoms. The molecule has 12 saturated heterocycles. The molecule has 0 aromatic heterocycles. The zero-order valence-corrected chi connectivity index (χ0v) is 58.1. The average Bonchev–Trinajstić information content (AvgIpc) is 4.40. The number of likely N-dealkylation sites (tertiary alicyclic amines) is 3. The number of piperazine rings is 4. The van der Waals surface area contributed by atoms with Crippen LogP contribution in [0.15, 0.2) is 0 Å². The molecule has 12 fully saturated rings. The maximum absolute atomic E-state index is 9.00. The summed E-state index contributed by atoms with van der Waals surface area (Å²) in [6.45, 7) is 45.1. The van der Waals surface area contributed by atoms with Crippen molar-refractivity contribution in [1.82, 2.24) is 81.7 Å². The Balaban J connectivity index is 0.000000493. The minimum atomic E-state index is -0.0266. The molecule has 25 heteroatoms. The van der Waals surface area contributed by atoms with Gasteiger partial charge in [0.05, 0.1) is 71.7 Å². The third-order valence-electron chi connectivity index (χ3n) is 16.9. The Morgan fingerprint density at radius 3 is 0.856 bits per heavy atom. The third kappa shape index (κ3) is 59.5. The fourth-order valence-electron chi connectivity index (χ4n) is 10.9. The fourth-order valence-corrected chi connectivity index (χ4v) is 10.9. The molecule has 90 heavy (non-hydrogen) atoms. The summed E-state index contributed by atoms with van der Waals surface area (Å²) in [5, 5.41) is 86.4. The van der Waals surface area contributed by atoms with Crippen molar-refractivity contribution in [2.24, 2.45) is 0 Å². The first kappa shape index (κ1) is 87.0. The smallest absolute Gasteiger partial charge is 0.0594 e. The van der Waals surface area contributed by atoms with Crippen LogP contribution in [0.25, 0.3) is 0 Å². The van der Waals surface area contributed by atoms with E-state index in [2.05, 4.69) is 103 Å². The topological polar surface area (TPSA) is 282 Å². The first-order chi connectivity index (χ1) is 44.1. The van der Waals surface area contributed by atoms with E-state index >= 15 is 0 Å². The number of aliphatic hydroxyl groups is 7. The predicted molar refractivity (Wildman–Crippen MR) is 371 cm³/mol. The van der Waals surface area contributed by atoms with Crippen molar-refractivity contribution in [2.45, 2.75) is 102 Å². The highest BCUT2D eigenvalue weighted by molar-refractivity contribution is 4.71. The highest BCUT2D eigenvalue weighted by Crippen LogP contribution is 2.08. The number of aliphatic hydroxyl groups excluding tert-OH is 7. The molecule has 540 valence electrons. The van der Waals surface area contributed by atoms with Gasteiger partial charge in [0, 0.05) is 177 Å². The second kappa shape index (κ2) is 68.0. The Morgan fingerprint density at radius 2 is 0.544 bits per heavy atom. The number of nitrogens with one attached hydrogen (secondary N) is 8. The van der Waals surface area contributed by atoms with Crippen LogP contribution in [0.5, 0.6) is 0 Å². The van der Waals surface area contributed by atoms with Crippen molar-refractivity contribution in [2.75, 3.05) is 323 Å². The lowest BCUT2D eigenvalue weighted by molar-refractivity contribution is 0.0306. The van der Waals surface area contributed by atoms with Crippen LogP contribution in [0.3, 0.4) is 0 Å². The molecule has 15 N–H and O–H groups in total. The molecule has 0 saturated carbocycles. The van der Waals surface area contributed by atoms with Gasteiger partial charge >= 0.3 is 0 Å². The van der Waals surface area contributed by atoms with Crippen LogP contribution in [0, 0.1) is 0 Å². The number of rotatable bonds is 10. The molecule has 12 aliphatic heterocycles. The minimum absolute atomic E-state index is 0.0220. The summed E-state index contributed by atoms with van der Waals surface area (Å²) in [5.41, 5.74) is 0. The zero-order valence-electron chi connectivity index (χ0n) is 58.1. The molecule has 0 aromatic carbocycles. The number of nitrogens with zero attached hydrogens (tertiary/aromatic N) is 8. The monoisotopic (exact) mass is 1300 g/mol. The Kier molecular flexibility index (Phi) is 65.7. The number of hydrogen-bond donors (Lipinski definition) is 15. The Morgan fingerprint density at radius 1 is 0.256 bits per heavy atom. The number of ether oxygens (including phenoxy) is 2. The van der Waals surface area contributed by atoms with Gasteiger partial charge in [-0.3, -0.25) is 14.7 Å². The van der Waals surface area contributed by atoms with Gasteiger partial charge in [0.1, 0.15) is 0 Å². The van der Waals surface area contributed by atoms with Crippen molar-refractivity contribution < 1.29 is 45.2 Å². The van der Waals surface area contributed by atoms with Gasteiger partial charge in [-0.05, 0) is 164 Å². The van der Waals surface area contributed by atoms with Crippen LogP contribution in [0.2, 0.25) is 0 Å². The van der Waals surface area contributed by atoms with E-state index in [1.165, 1.54) is 130 Å². The summed E-state index contributed by atoms with van der Waals surface area (Å²) in [4.78, 5) is 18.3. The summed E-state index contributed by atoms with van der Waals surface area (Å²) < 4.78 is 10.1. The maximum atomic E-state index is 9.00.